The summed E-state index contributed by atoms with van der Waals surface area (Å²) >= 11 is 15.1. The number of nitrogens with zero attached hydrogens (tertiary/aromatic N) is 2. The van der Waals surface area contributed by atoms with E-state index >= 15 is 0 Å². The Morgan fingerprint density at radius 1 is 1.33 bits per heavy atom. The molecular formula is C10H7BrCl2N4O. The SMILES string of the molecule is NNc1ncc(Br)c(Oc2ccc(Cl)cc2Cl)n1. The molecule has 0 bridgehead atoms. The fraction of sp³-hybridized carbons (Fsp3) is 0. The number of anilines is 1. The highest BCUT2D eigenvalue weighted by molar-refractivity contribution is 9.10. The third kappa shape index (κ3) is 3.02. The summed E-state index contributed by atoms with van der Waals surface area (Å²) in [6.07, 6.45) is 1.52. The van der Waals surface area contributed by atoms with Gasteiger partial charge >= 0.3 is 0 Å². The summed E-state index contributed by atoms with van der Waals surface area (Å²) in [7, 11) is 0. The second-order valence-electron chi connectivity index (χ2n) is 3.17. The van der Waals surface area contributed by atoms with Crippen LogP contribution in [0.2, 0.25) is 10.0 Å². The third-order valence-electron chi connectivity index (χ3n) is 1.94. The summed E-state index contributed by atoms with van der Waals surface area (Å²) in [6.45, 7) is 0. The molecule has 0 unspecified atom stereocenters. The first-order valence-corrected chi connectivity index (χ1v) is 6.27. The zero-order chi connectivity index (χ0) is 13.1. The van der Waals surface area contributed by atoms with Crippen LogP contribution in [0.3, 0.4) is 0 Å². The molecule has 0 radical (unpaired) electrons. The molecule has 1 aromatic heterocycles. The second kappa shape index (κ2) is 5.71. The first-order chi connectivity index (χ1) is 8.60. The predicted octanol–water partition coefficient (Wildman–Crippen LogP) is 3.62. The highest BCUT2D eigenvalue weighted by Gasteiger charge is 2.10. The minimum atomic E-state index is 0.235. The number of aromatic nitrogens is 2. The summed E-state index contributed by atoms with van der Waals surface area (Å²) in [5.41, 5.74) is 2.33. The molecule has 0 spiro atoms. The van der Waals surface area contributed by atoms with Crippen LogP contribution in [0.1, 0.15) is 0 Å². The molecule has 18 heavy (non-hydrogen) atoms. The van der Waals surface area contributed by atoms with Gasteiger partial charge in [-0.15, -0.1) is 0 Å². The lowest BCUT2D eigenvalue weighted by molar-refractivity contribution is 0.459. The average Bonchev–Trinajstić information content (AvgIpc) is 2.35. The van der Waals surface area contributed by atoms with Crippen molar-refractivity contribution in [2.24, 2.45) is 5.84 Å². The summed E-state index contributed by atoms with van der Waals surface area (Å²) in [4.78, 5) is 7.95. The minimum Gasteiger partial charge on any atom is -0.436 e. The van der Waals surface area contributed by atoms with Crippen molar-refractivity contribution in [2.75, 3.05) is 5.43 Å². The molecule has 2 aromatic rings. The zero-order valence-corrected chi connectivity index (χ0v) is 11.9. The Balaban J connectivity index is 2.33. The van der Waals surface area contributed by atoms with Gasteiger partial charge in [-0.1, -0.05) is 23.2 Å². The van der Waals surface area contributed by atoms with Crippen molar-refractivity contribution in [3.05, 3.63) is 38.9 Å². The summed E-state index contributed by atoms with van der Waals surface area (Å²) in [5.74, 6) is 6.18. The standard InChI is InChI=1S/C10H7BrCl2N4O/c11-6-4-15-10(17-14)16-9(6)18-8-2-1-5(12)3-7(8)13/h1-4H,14H2,(H,15,16,17). The Hall–Kier alpha value is -1.08. The number of nitrogens with two attached hydrogens (primary N) is 1. The molecule has 0 amide bonds. The lowest BCUT2D eigenvalue weighted by atomic mass is 10.3. The normalized spacial score (nSPS) is 10.2. The van der Waals surface area contributed by atoms with E-state index in [1.165, 1.54) is 6.20 Å². The van der Waals surface area contributed by atoms with Crippen molar-refractivity contribution < 1.29 is 4.74 Å². The van der Waals surface area contributed by atoms with Gasteiger partial charge in [-0.05, 0) is 34.1 Å². The molecule has 0 aliphatic heterocycles. The molecule has 0 atom stereocenters. The fourth-order valence-corrected chi connectivity index (χ4v) is 1.87. The Morgan fingerprint density at radius 2 is 2.11 bits per heavy atom. The van der Waals surface area contributed by atoms with E-state index in [1.54, 1.807) is 18.2 Å². The molecule has 1 heterocycles. The van der Waals surface area contributed by atoms with Gasteiger partial charge in [0, 0.05) is 5.02 Å². The number of hydrazine groups is 1. The van der Waals surface area contributed by atoms with Gasteiger partial charge in [0.15, 0.2) is 0 Å². The smallest absolute Gasteiger partial charge is 0.240 e. The first-order valence-electron chi connectivity index (χ1n) is 4.72. The number of nitrogen functional groups attached to an aromatic ring is 1. The van der Waals surface area contributed by atoms with Gasteiger partial charge in [0.25, 0.3) is 0 Å². The molecular weight excluding hydrogens is 343 g/mol. The van der Waals surface area contributed by atoms with Crippen LogP contribution < -0.4 is 16.0 Å². The molecule has 0 saturated carbocycles. The molecule has 8 heteroatoms. The van der Waals surface area contributed by atoms with Gasteiger partial charge in [0.1, 0.15) is 5.75 Å². The van der Waals surface area contributed by atoms with Crippen LogP contribution in [0.5, 0.6) is 11.6 Å². The van der Waals surface area contributed by atoms with Crippen molar-refractivity contribution in [3.8, 4) is 11.6 Å². The van der Waals surface area contributed by atoms with E-state index in [-0.39, 0.29) is 5.95 Å². The Labute approximate surface area is 121 Å². The summed E-state index contributed by atoms with van der Waals surface area (Å²) < 4.78 is 6.13. The number of hydrogen-bond donors (Lipinski definition) is 2. The third-order valence-corrected chi connectivity index (χ3v) is 3.02. The van der Waals surface area contributed by atoms with Crippen LogP contribution in [-0.2, 0) is 0 Å². The second-order valence-corrected chi connectivity index (χ2v) is 4.87. The minimum absolute atomic E-state index is 0.235. The summed E-state index contributed by atoms with van der Waals surface area (Å²) in [6, 6.07) is 4.89. The van der Waals surface area contributed by atoms with Gasteiger partial charge in [-0.25, -0.2) is 10.8 Å². The van der Waals surface area contributed by atoms with Gasteiger partial charge in [0.2, 0.25) is 11.8 Å². The topological polar surface area (TPSA) is 73.1 Å². The van der Waals surface area contributed by atoms with E-state index in [2.05, 4.69) is 31.3 Å². The van der Waals surface area contributed by atoms with Crippen molar-refractivity contribution in [1.82, 2.24) is 9.97 Å². The molecule has 5 nitrogen and oxygen atoms in total. The molecule has 1 aromatic carbocycles. The highest BCUT2D eigenvalue weighted by atomic mass is 79.9. The van der Waals surface area contributed by atoms with E-state index in [0.717, 1.165) is 0 Å². The van der Waals surface area contributed by atoms with E-state index in [1.807, 2.05) is 0 Å². The van der Waals surface area contributed by atoms with Gasteiger partial charge in [-0.2, -0.15) is 4.98 Å². The maximum Gasteiger partial charge on any atom is 0.240 e. The Kier molecular flexibility index (Phi) is 4.23. The van der Waals surface area contributed by atoms with Crippen LogP contribution in [0.15, 0.2) is 28.9 Å². The highest BCUT2D eigenvalue weighted by Crippen LogP contribution is 2.33. The largest absolute Gasteiger partial charge is 0.436 e. The fourth-order valence-electron chi connectivity index (χ4n) is 1.15. The van der Waals surface area contributed by atoms with Gasteiger partial charge < -0.3 is 4.74 Å². The average molecular weight is 350 g/mol. The number of halogens is 3. The van der Waals surface area contributed by atoms with Crippen molar-refractivity contribution in [1.29, 1.82) is 0 Å². The monoisotopic (exact) mass is 348 g/mol. The molecule has 2 rings (SSSR count). The van der Waals surface area contributed by atoms with Gasteiger partial charge in [-0.3, -0.25) is 5.43 Å². The number of rotatable bonds is 3. The molecule has 94 valence electrons. The van der Waals surface area contributed by atoms with E-state index < -0.39 is 0 Å². The predicted molar refractivity (Wildman–Crippen MR) is 74.1 cm³/mol. The van der Waals surface area contributed by atoms with Crippen LogP contribution in [0.25, 0.3) is 0 Å². The van der Waals surface area contributed by atoms with E-state index in [0.29, 0.717) is 26.1 Å². The number of ether oxygens (including phenoxy) is 1. The van der Waals surface area contributed by atoms with Crippen LogP contribution in [-0.4, -0.2) is 9.97 Å². The lowest BCUT2D eigenvalue weighted by Gasteiger charge is -2.09. The Morgan fingerprint density at radius 3 is 2.78 bits per heavy atom. The summed E-state index contributed by atoms with van der Waals surface area (Å²) in [5, 5.41) is 0.911. The van der Waals surface area contributed by atoms with E-state index in [4.69, 9.17) is 33.8 Å². The maximum atomic E-state index is 6.00. The molecule has 0 aliphatic carbocycles. The number of hydrogen-bond acceptors (Lipinski definition) is 5. The molecule has 3 N–H and O–H groups in total. The van der Waals surface area contributed by atoms with Crippen molar-refractivity contribution in [3.63, 3.8) is 0 Å². The van der Waals surface area contributed by atoms with E-state index in [9.17, 15) is 0 Å². The quantitative estimate of drug-likeness (QED) is 0.654. The van der Waals surface area contributed by atoms with Crippen molar-refractivity contribution in [2.45, 2.75) is 0 Å². The van der Waals surface area contributed by atoms with Crippen LogP contribution >= 0.6 is 39.1 Å². The van der Waals surface area contributed by atoms with Crippen LogP contribution in [0.4, 0.5) is 5.95 Å². The van der Waals surface area contributed by atoms with Crippen molar-refractivity contribution >= 4 is 45.1 Å². The first kappa shape index (κ1) is 13.4. The lowest BCUT2D eigenvalue weighted by Crippen LogP contribution is -2.10. The zero-order valence-electron chi connectivity index (χ0n) is 8.82. The Bertz CT molecular complexity index is 582. The molecule has 0 aliphatic rings. The maximum absolute atomic E-state index is 6.00. The number of nitrogens with one attached hydrogen (secondary N) is 1. The van der Waals surface area contributed by atoms with Crippen LogP contribution in [0, 0.1) is 0 Å². The number of benzene rings is 1. The van der Waals surface area contributed by atoms with Gasteiger partial charge in [0.05, 0.1) is 15.7 Å². The molecule has 0 saturated heterocycles. The molecule has 0 fully saturated rings.